The zero-order chi connectivity index (χ0) is 26.3. The van der Waals surface area contributed by atoms with Crippen LogP contribution in [-0.4, -0.2) is 18.3 Å². The molecule has 0 spiro atoms. The van der Waals surface area contributed by atoms with E-state index in [0.717, 1.165) is 50.9 Å². The first-order chi connectivity index (χ1) is 17.1. The Bertz CT molecular complexity index is 1170. The van der Waals surface area contributed by atoms with Gasteiger partial charge < -0.3 is 4.74 Å². The Kier molecular flexibility index (Phi) is 10.1. The third-order valence-corrected chi connectivity index (χ3v) is 7.97. The molecule has 0 aliphatic carbocycles. The van der Waals surface area contributed by atoms with E-state index in [1.165, 1.54) is 17.4 Å². The standard InChI is InChI=1S/C27H31F3O4S2/c1-5-7-25(31)34-33-22-11-9-20(15-17(22)3)35-14-12-23(32-13-6-2)26-18(4)21-10-8-19(27(28,29)30)16-24(21)36-26/h8-11,15-16,23H,5-7,12-14H2,1-4H3. The number of thioether (sulfide) groups is 1. The molecule has 1 aromatic heterocycles. The summed E-state index contributed by atoms with van der Waals surface area (Å²) in [4.78, 5) is 23.5. The van der Waals surface area contributed by atoms with Crippen LogP contribution >= 0.6 is 23.1 Å². The van der Waals surface area contributed by atoms with Gasteiger partial charge >= 0.3 is 12.1 Å². The zero-order valence-electron chi connectivity index (χ0n) is 20.9. The number of hydrogen-bond acceptors (Lipinski definition) is 6. The number of halogens is 3. The van der Waals surface area contributed by atoms with Crippen LogP contribution in [0.15, 0.2) is 41.3 Å². The number of alkyl halides is 3. The molecule has 0 aliphatic rings. The highest BCUT2D eigenvalue weighted by Crippen LogP contribution is 2.41. The van der Waals surface area contributed by atoms with Gasteiger partial charge in [-0.15, -0.1) is 23.1 Å². The van der Waals surface area contributed by atoms with E-state index >= 15 is 0 Å². The van der Waals surface area contributed by atoms with Crippen LogP contribution in [-0.2, 0) is 20.6 Å². The number of aryl methyl sites for hydroxylation is 2. The predicted molar refractivity (Wildman–Crippen MR) is 139 cm³/mol. The van der Waals surface area contributed by atoms with Crippen molar-refractivity contribution in [3.63, 3.8) is 0 Å². The Morgan fingerprint density at radius 3 is 2.53 bits per heavy atom. The van der Waals surface area contributed by atoms with Gasteiger partial charge in [-0.25, -0.2) is 4.79 Å². The largest absolute Gasteiger partial charge is 0.416 e. The first-order valence-electron chi connectivity index (χ1n) is 12.0. The third kappa shape index (κ3) is 7.40. The number of hydrogen-bond donors (Lipinski definition) is 0. The summed E-state index contributed by atoms with van der Waals surface area (Å²) in [5.41, 5.74) is 1.20. The van der Waals surface area contributed by atoms with Crippen LogP contribution in [0.4, 0.5) is 13.2 Å². The predicted octanol–water partition coefficient (Wildman–Crippen LogP) is 8.82. The maximum Gasteiger partial charge on any atom is 0.416 e. The number of fused-ring (bicyclic) bond motifs is 1. The van der Waals surface area contributed by atoms with Crippen molar-refractivity contribution in [1.82, 2.24) is 0 Å². The molecule has 3 aromatic rings. The Labute approximate surface area is 218 Å². The number of carbonyl (C=O) groups excluding carboxylic acids is 1. The highest BCUT2D eigenvalue weighted by molar-refractivity contribution is 7.99. The van der Waals surface area contributed by atoms with Gasteiger partial charge in [0.15, 0.2) is 5.75 Å². The lowest BCUT2D eigenvalue weighted by molar-refractivity contribution is -0.214. The number of ether oxygens (including phenoxy) is 1. The van der Waals surface area contributed by atoms with E-state index in [0.29, 0.717) is 29.9 Å². The molecule has 0 radical (unpaired) electrons. The second-order valence-electron chi connectivity index (χ2n) is 8.51. The zero-order valence-corrected chi connectivity index (χ0v) is 22.5. The molecule has 0 fully saturated rings. The highest BCUT2D eigenvalue weighted by atomic mass is 32.2. The molecule has 0 saturated carbocycles. The quantitative estimate of drug-likeness (QED) is 0.130. The van der Waals surface area contributed by atoms with Crippen LogP contribution in [0.2, 0.25) is 0 Å². The normalized spacial score (nSPS) is 12.6. The second-order valence-corrected chi connectivity index (χ2v) is 10.8. The molecule has 196 valence electrons. The van der Waals surface area contributed by atoms with Crippen molar-refractivity contribution in [2.24, 2.45) is 0 Å². The molecule has 0 aliphatic heterocycles. The van der Waals surface area contributed by atoms with Crippen molar-refractivity contribution in [1.29, 1.82) is 0 Å². The van der Waals surface area contributed by atoms with E-state index in [1.807, 2.05) is 39.8 Å². The molecule has 0 bridgehead atoms. The molecule has 3 rings (SSSR count). The first-order valence-corrected chi connectivity index (χ1v) is 13.8. The van der Waals surface area contributed by atoms with Crippen molar-refractivity contribution in [3.8, 4) is 5.75 Å². The molecule has 0 amide bonds. The number of benzene rings is 2. The molecule has 0 saturated heterocycles. The Morgan fingerprint density at radius 2 is 1.86 bits per heavy atom. The minimum absolute atomic E-state index is 0.189. The summed E-state index contributed by atoms with van der Waals surface area (Å²) in [6.07, 6.45) is -1.99. The molecule has 1 heterocycles. The van der Waals surface area contributed by atoms with E-state index in [1.54, 1.807) is 23.9 Å². The average Bonchev–Trinajstić information content (AvgIpc) is 3.16. The van der Waals surface area contributed by atoms with Crippen molar-refractivity contribution < 1.29 is 32.5 Å². The molecule has 0 N–H and O–H groups in total. The first kappa shape index (κ1) is 28.3. The molecular weight excluding hydrogens is 509 g/mol. The number of carbonyl (C=O) groups is 1. The van der Waals surface area contributed by atoms with Crippen LogP contribution in [0.3, 0.4) is 0 Å². The van der Waals surface area contributed by atoms with Gasteiger partial charge in [0.1, 0.15) is 0 Å². The van der Waals surface area contributed by atoms with Crippen LogP contribution in [0, 0.1) is 13.8 Å². The summed E-state index contributed by atoms with van der Waals surface area (Å²) in [5.74, 6) is 0.854. The van der Waals surface area contributed by atoms with Crippen molar-refractivity contribution in [2.75, 3.05) is 12.4 Å². The Hall–Kier alpha value is -2.23. The SMILES string of the molecule is CCCOC(CCSc1ccc(OOC(=O)CCC)c(C)c1)c1sc2cc(C(F)(F)F)ccc2c1C. The lowest BCUT2D eigenvalue weighted by Crippen LogP contribution is -2.07. The van der Waals surface area contributed by atoms with Gasteiger partial charge in [-0.1, -0.05) is 19.9 Å². The van der Waals surface area contributed by atoms with Gasteiger partial charge in [-0.2, -0.15) is 13.2 Å². The summed E-state index contributed by atoms with van der Waals surface area (Å²) < 4.78 is 46.3. The summed E-state index contributed by atoms with van der Waals surface area (Å²) in [7, 11) is 0. The highest BCUT2D eigenvalue weighted by Gasteiger charge is 2.31. The van der Waals surface area contributed by atoms with E-state index in [-0.39, 0.29) is 6.10 Å². The second kappa shape index (κ2) is 12.8. The van der Waals surface area contributed by atoms with Crippen LogP contribution in [0.1, 0.15) is 67.2 Å². The van der Waals surface area contributed by atoms with Gasteiger partial charge in [-0.3, -0.25) is 9.78 Å². The molecule has 2 aromatic carbocycles. The van der Waals surface area contributed by atoms with Crippen molar-refractivity contribution >= 4 is 39.2 Å². The van der Waals surface area contributed by atoms with E-state index in [2.05, 4.69) is 0 Å². The average molecular weight is 541 g/mol. The molecule has 4 nitrogen and oxygen atoms in total. The lowest BCUT2D eigenvalue weighted by atomic mass is 10.1. The number of thiophene rings is 1. The van der Waals surface area contributed by atoms with Crippen molar-refractivity contribution in [3.05, 3.63) is 58.0 Å². The van der Waals surface area contributed by atoms with Gasteiger partial charge in [0.2, 0.25) is 0 Å². The van der Waals surface area contributed by atoms with E-state index in [9.17, 15) is 18.0 Å². The van der Waals surface area contributed by atoms with E-state index < -0.39 is 17.7 Å². The molecular formula is C27H31F3O4S2. The molecule has 1 unspecified atom stereocenters. The summed E-state index contributed by atoms with van der Waals surface area (Å²) in [6, 6.07) is 9.59. The maximum atomic E-state index is 13.2. The lowest BCUT2D eigenvalue weighted by Gasteiger charge is -2.17. The fraction of sp³-hybridized carbons (Fsp3) is 0.444. The summed E-state index contributed by atoms with van der Waals surface area (Å²) in [6.45, 7) is 8.34. The number of rotatable bonds is 12. The summed E-state index contributed by atoms with van der Waals surface area (Å²) in [5, 5.41) is 0.839. The third-order valence-electron chi connectivity index (χ3n) is 5.59. The molecule has 1 atom stereocenters. The minimum atomic E-state index is -4.36. The topological polar surface area (TPSA) is 44.8 Å². The van der Waals surface area contributed by atoms with Crippen LogP contribution in [0.5, 0.6) is 5.75 Å². The summed E-state index contributed by atoms with van der Waals surface area (Å²) >= 11 is 3.05. The molecule has 36 heavy (non-hydrogen) atoms. The molecule has 9 heteroatoms. The van der Waals surface area contributed by atoms with Crippen LogP contribution < -0.4 is 4.89 Å². The Morgan fingerprint density at radius 1 is 1.08 bits per heavy atom. The van der Waals surface area contributed by atoms with Gasteiger partial charge in [0.05, 0.1) is 11.7 Å². The smallest absolute Gasteiger partial charge is 0.373 e. The Balaban J connectivity index is 1.68. The van der Waals surface area contributed by atoms with Gasteiger partial charge in [-0.05, 0) is 80.0 Å². The van der Waals surface area contributed by atoms with Gasteiger partial charge in [0.25, 0.3) is 0 Å². The maximum absolute atomic E-state index is 13.2. The van der Waals surface area contributed by atoms with Crippen LogP contribution in [0.25, 0.3) is 10.1 Å². The fourth-order valence-electron chi connectivity index (χ4n) is 3.70. The fourth-order valence-corrected chi connectivity index (χ4v) is 6.03. The van der Waals surface area contributed by atoms with Gasteiger partial charge in [0, 0.05) is 33.3 Å². The van der Waals surface area contributed by atoms with Crippen molar-refractivity contribution in [2.45, 2.75) is 70.6 Å². The monoisotopic (exact) mass is 540 g/mol. The van der Waals surface area contributed by atoms with E-state index in [4.69, 9.17) is 14.5 Å². The minimum Gasteiger partial charge on any atom is -0.373 e.